The van der Waals surface area contributed by atoms with Gasteiger partial charge in [0.25, 0.3) is 0 Å². The second-order valence-electron chi connectivity index (χ2n) is 7.60. The van der Waals surface area contributed by atoms with E-state index in [1.165, 1.54) is 0 Å². The lowest BCUT2D eigenvalue weighted by Gasteiger charge is -2.24. The molecule has 0 heterocycles. The first-order valence-corrected chi connectivity index (χ1v) is 10.7. The van der Waals surface area contributed by atoms with Gasteiger partial charge in [0, 0.05) is 6.54 Å². The average molecular weight is 371 g/mol. The molecule has 0 atom stereocenters. The van der Waals surface area contributed by atoms with Crippen molar-refractivity contribution >= 4 is 15.1 Å². The van der Waals surface area contributed by atoms with Gasteiger partial charge in [-0.1, -0.05) is 51.1 Å². The lowest BCUT2D eigenvalue weighted by atomic mass is 9.97. The first-order valence-electron chi connectivity index (χ1n) is 8.79. The Balaban J connectivity index is 2.18. The topological polar surface area (TPSA) is 58.6 Å². The highest BCUT2D eigenvalue weighted by Gasteiger charge is 2.23. The zero-order valence-corrected chi connectivity index (χ0v) is 17.2. The Labute approximate surface area is 157 Å². The number of amides is 1. The van der Waals surface area contributed by atoms with Crippen molar-refractivity contribution < 1.29 is 14.3 Å². The number of rotatable bonds is 6. The van der Waals surface area contributed by atoms with Crippen LogP contribution in [0.3, 0.4) is 0 Å². The molecule has 0 aliphatic rings. The Kier molecular flexibility index (Phi) is 6.61. The molecule has 1 radical (unpaired) electrons. The lowest BCUT2D eigenvalue weighted by Crippen LogP contribution is -2.25. The summed E-state index contributed by atoms with van der Waals surface area (Å²) in [6.45, 7) is 11.9. The van der Waals surface area contributed by atoms with E-state index in [4.69, 9.17) is 9.53 Å². The van der Waals surface area contributed by atoms with E-state index in [1.807, 2.05) is 12.1 Å². The third-order valence-corrected chi connectivity index (χ3v) is 7.18. The van der Waals surface area contributed by atoms with Crippen molar-refractivity contribution in [2.45, 2.75) is 52.4 Å². The molecule has 2 N–H and O–H groups in total. The molecular weight excluding hydrogens is 342 g/mol. The van der Waals surface area contributed by atoms with E-state index in [-0.39, 0.29) is 5.04 Å². The molecule has 0 spiro atoms. The summed E-state index contributed by atoms with van der Waals surface area (Å²) in [5.74, 6) is 0. The maximum absolute atomic E-state index is 10.7. The fourth-order valence-corrected chi connectivity index (χ4v) is 3.32. The third kappa shape index (κ3) is 5.71. The summed E-state index contributed by atoms with van der Waals surface area (Å²) in [5.41, 5.74) is 5.51. The Morgan fingerprint density at radius 2 is 1.88 bits per heavy atom. The highest BCUT2D eigenvalue weighted by Crippen LogP contribution is 2.29. The standard InChI is InChI=1S/C21H28NO3Si/c1-15-9-10-16(13-22-20(23)24)12-19(15)18-8-6-7-17(11-18)14-25-26(5)21(2,3)4/h6-12,22H,13-14H2,1-5H3,(H,23,24). The summed E-state index contributed by atoms with van der Waals surface area (Å²) in [7, 11) is -0.873. The summed E-state index contributed by atoms with van der Waals surface area (Å²) in [6, 6.07) is 14.4. The number of carbonyl (C=O) groups is 1. The number of aryl methyl sites for hydroxylation is 1. The molecule has 2 aromatic carbocycles. The zero-order chi connectivity index (χ0) is 19.3. The quantitative estimate of drug-likeness (QED) is 0.672. The molecular formula is C21H28NO3Si. The number of benzene rings is 2. The SMILES string of the molecule is Cc1ccc(CNC(=O)O)cc1-c1cccc(CO[Si](C)C(C)(C)C)c1. The van der Waals surface area contributed by atoms with E-state index >= 15 is 0 Å². The van der Waals surface area contributed by atoms with Gasteiger partial charge in [0.05, 0.1) is 6.61 Å². The highest BCUT2D eigenvalue weighted by molar-refractivity contribution is 6.53. The number of hydrogen-bond acceptors (Lipinski definition) is 2. The molecule has 5 heteroatoms. The molecule has 0 fully saturated rings. The van der Waals surface area contributed by atoms with E-state index < -0.39 is 15.1 Å². The van der Waals surface area contributed by atoms with Crippen LogP contribution in [0.25, 0.3) is 11.1 Å². The largest absolute Gasteiger partial charge is 0.465 e. The highest BCUT2D eigenvalue weighted by atomic mass is 28.3. The minimum atomic E-state index is -1.01. The molecule has 0 unspecified atom stereocenters. The normalized spacial score (nSPS) is 11.6. The average Bonchev–Trinajstić information content (AvgIpc) is 2.58. The fourth-order valence-electron chi connectivity index (χ4n) is 2.50. The molecule has 0 bridgehead atoms. The maximum Gasteiger partial charge on any atom is 0.404 e. The van der Waals surface area contributed by atoms with Crippen LogP contribution < -0.4 is 5.32 Å². The van der Waals surface area contributed by atoms with Gasteiger partial charge in [-0.3, -0.25) is 0 Å². The van der Waals surface area contributed by atoms with E-state index in [1.54, 1.807) is 0 Å². The van der Waals surface area contributed by atoms with E-state index in [2.05, 4.69) is 69.9 Å². The van der Waals surface area contributed by atoms with Crippen molar-refractivity contribution in [2.24, 2.45) is 0 Å². The van der Waals surface area contributed by atoms with E-state index in [0.717, 1.165) is 27.8 Å². The first-order chi connectivity index (χ1) is 12.2. The van der Waals surface area contributed by atoms with Crippen LogP contribution in [-0.2, 0) is 17.6 Å². The van der Waals surface area contributed by atoms with Crippen molar-refractivity contribution in [3.63, 3.8) is 0 Å². The molecule has 2 rings (SSSR count). The van der Waals surface area contributed by atoms with Crippen molar-refractivity contribution in [3.8, 4) is 11.1 Å². The molecule has 0 saturated carbocycles. The van der Waals surface area contributed by atoms with Gasteiger partial charge in [-0.15, -0.1) is 0 Å². The van der Waals surface area contributed by atoms with Crippen LogP contribution in [0.2, 0.25) is 11.6 Å². The van der Waals surface area contributed by atoms with Crippen LogP contribution in [0, 0.1) is 6.92 Å². The van der Waals surface area contributed by atoms with Crippen molar-refractivity contribution in [1.82, 2.24) is 5.32 Å². The Morgan fingerprint density at radius 1 is 1.15 bits per heavy atom. The van der Waals surface area contributed by atoms with Crippen LogP contribution >= 0.6 is 0 Å². The van der Waals surface area contributed by atoms with Crippen LogP contribution in [0.5, 0.6) is 0 Å². The molecule has 0 aliphatic heterocycles. The summed E-state index contributed by atoms with van der Waals surface area (Å²) in [6.07, 6.45) is -1.01. The second-order valence-corrected chi connectivity index (χ2v) is 10.5. The summed E-state index contributed by atoms with van der Waals surface area (Å²) >= 11 is 0. The van der Waals surface area contributed by atoms with Gasteiger partial charge in [-0.05, 0) is 58.5 Å². The predicted octanol–water partition coefficient (Wildman–Crippen LogP) is 5.37. The van der Waals surface area contributed by atoms with Crippen LogP contribution in [0.4, 0.5) is 4.79 Å². The van der Waals surface area contributed by atoms with Gasteiger partial charge < -0.3 is 14.8 Å². The number of carboxylic acid groups (broad SMARTS) is 1. The van der Waals surface area contributed by atoms with E-state index in [9.17, 15) is 4.79 Å². The van der Waals surface area contributed by atoms with Crippen molar-refractivity contribution in [2.75, 3.05) is 0 Å². The maximum atomic E-state index is 10.7. The molecule has 2 aromatic rings. The monoisotopic (exact) mass is 370 g/mol. The molecule has 1 amide bonds. The third-order valence-electron chi connectivity index (χ3n) is 4.50. The minimum Gasteiger partial charge on any atom is -0.465 e. The van der Waals surface area contributed by atoms with Gasteiger partial charge in [0.15, 0.2) is 0 Å². The van der Waals surface area contributed by atoms with Crippen LogP contribution in [0.1, 0.15) is 37.5 Å². The van der Waals surface area contributed by atoms with Gasteiger partial charge in [-0.2, -0.15) is 0 Å². The molecule has 0 aromatic heterocycles. The predicted molar refractivity (Wildman–Crippen MR) is 108 cm³/mol. The summed E-state index contributed by atoms with van der Waals surface area (Å²) < 4.78 is 6.13. The lowest BCUT2D eigenvalue weighted by molar-refractivity contribution is 0.194. The number of nitrogens with one attached hydrogen (secondary N) is 1. The smallest absolute Gasteiger partial charge is 0.404 e. The Hall–Kier alpha value is -2.11. The van der Waals surface area contributed by atoms with Gasteiger partial charge in [-0.25, -0.2) is 4.79 Å². The summed E-state index contributed by atoms with van der Waals surface area (Å²) in [4.78, 5) is 10.7. The fraction of sp³-hybridized carbons (Fsp3) is 0.381. The first kappa shape index (κ1) is 20.2. The number of hydrogen-bond donors (Lipinski definition) is 2. The van der Waals surface area contributed by atoms with Crippen molar-refractivity contribution in [3.05, 3.63) is 59.2 Å². The van der Waals surface area contributed by atoms with Crippen LogP contribution in [0.15, 0.2) is 42.5 Å². The van der Waals surface area contributed by atoms with Gasteiger partial charge in [0.1, 0.15) is 0 Å². The van der Waals surface area contributed by atoms with Gasteiger partial charge in [0.2, 0.25) is 9.04 Å². The Morgan fingerprint density at radius 3 is 2.54 bits per heavy atom. The minimum absolute atomic E-state index is 0.213. The van der Waals surface area contributed by atoms with Crippen molar-refractivity contribution in [1.29, 1.82) is 0 Å². The molecule has 0 aliphatic carbocycles. The molecule has 139 valence electrons. The summed E-state index contributed by atoms with van der Waals surface area (Å²) in [5, 5.41) is 11.4. The zero-order valence-electron chi connectivity index (χ0n) is 16.2. The molecule has 26 heavy (non-hydrogen) atoms. The molecule has 0 saturated heterocycles. The van der Waals surface area contributed by atoms with Gasteiger partial charge >= 0.3 is 6.09 Å². The Bertz CT molecular complexity index is 768. The van der Waals surface area contributed by atoms with E-state index in [0.29, 0.717) is 13.2 Å². The second kappa shape index (κ2) is 8.51. The van der Waals surface area contributed by atoms with Crippen LogP contribution in [-0.4, -0.2) is 20.2 Å². The molecule has 4 nitrogen and oxygen atoms in total.